The number of carbonyl (C=O) groups excluding carboxylic acids is 1. The highest BCUT2D eigenvalue weighted by molar-refractivity contribution is 5.84. The lowest BCUT2D eigenvalue weighted by atomic mass is 10.1. The van der Waals surface area contributed by atoms with Crippen molar-refractivity contribution in [2.45, 2.75) is 32.5 Å². The first-order valence-corrected chi connectivity index (χ1v) is 9.00. The van der Waals surface area contributed by atoms with Crippen molar-refractivity contribution in [1.82, 2.24) is 9.80 Å². The molecule has 1 aromatic carbocycles. The number of carbonyl (C=O) groups is 2. The number of furan rings is 1. The molecule has 1 amide bonds. The first-order valence-electron chi connectivity index (χ1n) is 9.00. The van der Waals surface area contributed by atoms with E-state index in [0.29, 0.717) is 11.5 Å². The molecule has 1 N–H and O–H groups in total. The van der Waals surface area contributed by atoms with Crippen molar-refractivity contribution in [2.24, 2.45) is 0 Å². The third-order valence-electron chi connectivity index (χ3n) is 4.77. The number of piperazine rings is 1. The third kappa shape index (κ3) is 4.49. The van der Waals surface area contributed by atoms with Gasteiger partial charge in [-0.2, -0.15) is 0 Å². The first kappa shape index (κ1) is 19.0. The zero-order chi connectivity index (χ0) is 19.4. The van der Waals surface area contributed by atoms with Crippen LogP contribution in [0.5, 0.6) is 5.75 Å². The molecule has 2 heterocycles. The molecule has 144 valence electrons. The molecule has 0 saturated carbocycles. The van der Waals surface area contributed by atoms with E-state index in [0.717, 1.165) is 31.6 Å². The highest BCUT2D eigenvalue weighted by Crippen LogP contribution is 2.20. The molecule has 1 saturated heterocycles. The molecule has 2 aromatic rings. The van der Waals surface area contributed by atoms with Gasteiger partial charge in [-0.3, -0.25) is 9.69 Å². The summed E-state index contributed by atoms with van der Waals surface area (Å²) in [6, 6.07) is 10.6. The quantitative estimate of drug-likeness (QED) is 0.804. The second-order valence-electron chi connectivity index (χ2n) is 6.66. The number of hydrogen-bond donors (Lipinski definition) is 1. The number of likely N-dealkylation sites (N-methyl/N-ethyl adjacent to an activating group) is 1. The molecule has 0 radical (unpaired) electrons. The lowest BCUT2D eigenvalue weighted by Crippen LogP contribution is -2.54. The number of carboxylic acids is 1. The molecule has 7 nitrogen and oxygen atoms in total. The molecular formula is C20H24N2O5. The van der Waals surface area contributed by atoms with Crippen molar-refractivity contribution in [2.75, 3.05) is 20.1 Å². The van der Waals surface area contributed by atoms with Gasteiger partial charge in [0.1, 0.15) is 18.1 Å². The molecule has 1 fully saturated rings. The van der Waals surface area contributed by atoms with E-state index >= 15 is 0 Å². The monoisotopic (exact) mass is 372 g/mol. The van der Waals surface area contributed by atoms with E-state index in [1.807, 2.05) is 38.2 Å². The standard InChI is InChI=1S/C20H24N2O5/c1-3-17-19(23)21(2)10-11-22(17)12-14-4-6-15(7-5-14)26-13-16-8-9-18(27-16)20(24)25/h4-9,17H,3,10-13H2,1-2H3,(H,24,25). The summed E-state index contributed by atoms with van der Waals surface area (Å²) in [7, 11) is 1.85. The summed E-state index contributed by atoms with van der Waals surface area (Å²) in [5.74, 6) is 0.115. The van der Waals surface area contributed by atoms with E-state index in [-0.39, 0.29) is 24.3 Å². The van der Waals surface area contributed by atoms with Crippen LogP contribution in [0.3, 0.4) is 0 Å². The van der Waals surface area contributed by atoms with Gasteiger partial charge in [0.05, 0.1) is 6.04 Å². The normalized spacial score (nSPS) is 17.9. The van der Waals surface area contributed by atoms with Gasteiger partial charge in [0.15, 0.2) is 0 Å². The van der Waals surface area contributed by atoms with E-state index < -0.39 is 5.97 Å². The Morgan fingerprint density at radius 3 is 2.59 bits per heavy atom. The van der Waals surface area contributed by atoms with Gasteiger partial charge in [0, 0.05) is 26.7 Å². The Hall–Kier alpha value is -2.80. The topological polar surface area (TPSA) is 83.2 Å². The maximum absolute atomic E-state index is 12.3. The number of benzene rings is 1. The number of aromatic carboxylic acids is 1. The zero-order valence-electron chi connectivity index (χ0n) is 15.6. The van der Waals surface area contributed by atoms with Gasteiger partial charge in [-0.15, -0.1) is 0 Å². The summed E-state index contributed by atoms with van der Waals surface area (Å²) in [4.78, 5) is 27.1. The minimum absolute atomic E-state index is 0.0675. The van der Waals surface area contributed by atoms with Crippen LogP contribution in [0.2, 0.25) is 0 Å². The molecule has 1 aliphatic heterocycles. The van der Waals surface area contributed by atoms with Gasteiger partial charge in [0.25, 0.3) is 0 Å². The molecule has 1 atom stereocenters. The van der Waals surface area contributed by atoms with E-state index in [1.165, 1.54) is 6.07 Å². The van der Waals surface area contributed by atoms with Crippen LogP contribution in [-0.2, 0) is 17.9 Å². The van der Waals surface area contributed by atoms with Crippen LogP contribution in [0.1, 0.15) is 35.2 Å². The second kappa shape index (κ2) is 8.26. The van der Waals surface area contributed by atoms with Crippen molar-refractivity contribution in [3.63, 3.8) is 0 Å². The summed E-state index contributed by atoms with van der Waals surface area (Å²) < 4.78 is 10.8. The van der Waals surface area contributed by atoms with Gasteiger partial charge < -0.3 is 19.2 Å². The molecule has 27 heavy (non-hydrogen) atoms. The number of ether oxygens (including phenoxy) is 1. The molecule has 1 unspecified atom stereocenters. The number of hydrogen-bond acceptors (Lipinski definition) is 5. The number of rotatable bonds is 7. The van der Waals surface area contributed by atoms with E-state index in [9.17, 15) is 9.59 Å². The first-order chi connectivity index (χ1) is 13.0. The van der Waals surface area contributed by atoms with E-state index in [4.69, 9.17) is 14.3 Å². The average Bonchev–Trinajstić information content (AvgIpc) is 3.14. The lowest BCUT2D eigenvalue weighted by molar-refractivity contribution is -0.140. The van der Waals surface area contributed by atoms with Crippen LogP contribution in [0.4, 0.5) is 0 Å². The van der Waals surface area contributed by atoms with Crippen LogP contribution >= 0.6 is 0 Å². The van der Waals surface area contributed by atoms with Crippen molar-refractivity contribution < 1.29 is 23.8 Å². The lowest BCUT2D eigenvalue weighted by Gasteiger charge is -2.38. The molecular weight excluding hydrogens is 348 g/mol. The van der Waals surface area contributed by atoms with Crippen molar-refractivity contribution >= 4 is 11.9 Å². The Labute approximate surface area is 158 Å². The minimum Gasteiger partial charge on any atom is -0.486 e. The van der Waals surface area contributed by atoms with Crippen LogP contribution in [0, 0.1) is 0 Å². The summed E-state index contributed by atoms with van der Waals surface area (Å²) >= 11 is 0. The molecule has 7 heteroatoms. The third-order valence-corrected chi connectivity index (χ3v) is 4.77. The van der Waals surface area contributed by atoms with Gasteiger partial charge in [-0.25, -0.2) is 4.79 Å². The minimum atomic E-state index is -1.10. The number of amides is 1. The summed E-state index contributed by atoms with van der Waals surface area (Å²) in [5, 5.41) is 8.85. The Morgan fingerprint density at radius 1 is 1.22 bits per heavy atom. The Balaban J connectivity index is 1.56. The largest absolute Gasteiger partial charge is 0.486 e. The van der Waals surface area contributed by atoms with Crippen LogP contribution in [-0.4, -0.2) is 53.0 Å². The highest BCUT2D eigenvalue weighted by atomic mass is 16.5. The predicted molar refractivity (Wildman–Crippen MR) is 98.6 cm³/mol. The number of nitrogens with zero attached hydrogens (tertiary/aromatic N) is 2. The fourth-order valence-electron chi connectivity index (χ4n) is 3.23. The van der Waals surface area contributed by atoms with Gasteiger partial charge >= 0.3 is 5.97 Å². The fraction of sp³-hybridized carbons (Fsp3) is 0.400. The molecule has 1 aromatic heterocycles. The van der Waals surface area contributed by atoms with Crippen LogP contribution < -0.4 is 4.74 Å². The summed E-state index contributed by atoms with van der Waals surface area (Å²) in [5.41, 5.74) is 1.12. The average molecular weight is 372 g/mol. The van der Waals surface area contributed by atoms with Gasteiger partial charge in [-0.1, -0.05) is 19.1 Å². The maximum atomic E-state index is 12.3. The SMILES string of the molecule is CCC1C(=O)N(C)CCN1Cc1ccc(OCc2ccc(C(=O)O)o2)cc1. The summed E-state index contributed by atoms with van der Waals surface area (Å²) in [6.45, 7) is 4.54. The van der Waals surface area contributed by atoms with Crippen LogP contribution in [0.25, 0.3) is 0 Å². The van der Waals surface area contributed by atoms with Crippen molar-refractivity contribution in [3.8, 4) is 5.75 Å². The highest BCUT2D eigenvalue weighted by Gasteiger charge is 2.31. The smallest absolute Gasteiger partial charge is 0.371 e. The van der Waals surface area contributed by atoms with Crippen molar-refractivity contribution in [3.05, 3.63) is 53.5 Å². The molecule has 0 aliphatic carbocycles. The predicted octanol–water partition coefficient (Wildman–Crippen LogP) is 2.61. The zero-order valence-corrected chi connectivity index (χ0v) is 15.6. The Kier molecular flexibility index (Phi) is 5.81. The molecule has 0 spiro atoms. The summed E-state index contributed by atoms with van der Waals surface area (Å²) in [6.07, 6.45) is 0.797. The van der Waals surface area contributed by atoms with Crippen LogP contribution in [0.15, 0.2) is 40.8 Å². The van der Waals surface area contributed by atoms with Crippen molar-refractivity contribution in [1.29, 1.82) is 0 Å². The van der Waals surface area contributed by atoms with Gasteiger partial charge in [0.2, 0.25) is 11.7 Å². The maximum Gasteiger partial charge on any atom is 0.371 e. The van der Waals surface area contributed by atoms with E-state index in [2.05, 4.69) is 4.90 Å². The Bertz CT molecular complexity index is 799. The van der Waals surface area contributed by atoms with E-state index in [1.54, 1.807) is 11.0 Å². The fourth-order valence-corrected chi connectivity index (χ4v) is 3.23. The molecule has 3 rings (SSSR count). The van der Waals surface area contributed by atoms with Gasteiger partial charge in [-0.05, 0) is 36.2 Å². The molecule has 1 aliphatic rings. The number of carboxylic acid groups (broad SMARTS) is 1. The molecule has 0 bridgehead atoms. The second-order valence-corrected chi connectivity index (χ2v) is 6.66. The Morgan fingerprint density at radius 2 is 1.96 bits per heavy atom.